The second-order valence-corrected chi connectivity index (χ2v) is 8.98. The summed E-state index contributed by atoms with van der Waals surface area (Å²) in [6.45, 7) is 5.32. The molecule has 6 rings (SSSR count). The van der Waals surface area contributed by atoms with E-state index in [2.05, 4.69) is 10.2 Å². The number of rotatable bonds is 4. The summed E-state index contributed by atoms with van der Waals surface area (Å²) >= 11 is 1.83. The molecule has 4 heterocycles. The van der Waals surface area contributed by atoms with Gasteiger partial charge in [0.1, 0.15) is 29.7 Å². The highest BCUT2D eigenvalue weighted by molar-refractivity contribution is 7.19. The lowest BCUT2D eigenvalue weighted by Crippen LogP contribution is -2.36. The van der Waals surface area contributed by atoms with E-state index < -0.39 is 0 Å². The van der Waals surface area contributed by atoms with Gasteiger partial charge in [0, 0.05) is 29.7 Å². The van der Waals surface area contributed by atoms with Gasteiger partial charge in [0.25, 0.3) is 0 Å². The van der Waals surface area contributed by atoms with E-state index in [0.717, 1.165) is 79.3 Å². The van der Waals surface area contributed by atoms with Crippen LogP contribution >= 0.6 is 11.3 Å². The fourth-order valence-corrected chi connectivity index (χ4v) is 5.70. The van der Waals surface area contributed by atoms with Gasteiger partial charge >= 0.3 is 0 Å². The molecule has 1 aromatic carbocycles. The average molecular weight is 425 g/mol. The molecule has 0 bridgehead atoms. The summed E-state index contributed by atoms with van der Waals surface area (Å²) < 4.78 is 16.9. The zero-order valence-electron chi connectivity index (χ0n) is 16.8. The Kier molecular flexibility index (Phi) is 4.70. The maximum atomic E-state index is 5.76. The van der Waals surface area contributed by atoms with Crippen LogP contribution in [-0.2, 0) is 24.1 Å². The molecule has 1 aliphatic carbocycles. The third-order valence-electron chi connectivity index (χ3n) is 5.88. The first-order chi connectivity index (χ1) is 14.8. The fraction of sp³-hybridized carbons (Fsp3) is 0.455. The van der Waals surface area contributed by atoms with Crippen molar-refractivity contribution in [2.45, 2.75) is 25.8 Å². The van der Waals surface area contributed by atoms with E-state index in [9.17, 15) is 0 Å². The minimum absolute atomic E-state index is 0.579. The minimum atomic E-state index is 0.579. The number of nitrogens with one attached hydrogen (secondary N) is 1. The van der Waals surface area contributed by atoms with Crippen LogP contribution in [0.15, 0.2) is 18.2 Å². The van der Waals surface area contributed by atoms with E-state index in [1.807, 2.05) is 29.5 Å². The molecule has 0 spiro atoms. The summed E-state index contributed by atoms with van der Waals surface area (Å²) in [4.78, 5) is 14.8. The number of aryl methyl sites for hydroxylation is 2. The Balaban J connectivity index is 1.38. The molecule has 1 N–H and O–H groups in total. The molecule has 3 aliphatic rings. The van der Waals surface area contributed by atoms with Crippen LogP contribution in [0.1, 0.15) is 22.7 Å². The molecule has 0 amide bonds. The van der Waals surface area contributed by atoms with Gasteiger partial charge in [-0.25, -0.2) is 9.97 Å². The number of hydrogen-bond acceptors (Lipinski definition) is 8. The van der Waals surface area contributed by atoms with E-state index in [-0.39, 0.29) is 0 Å². The predicted molar refractivity (Wildman–Crippen MR) is 116 cm³/mol. The Labute approximate surface area is 179 Å². The van der Waals surface area contributed by atoms with Gasteiger partial charge in [0.2, 0.25) is 0 Å². The number of thiophene rings is 1. The SMILES string of the molecule is c1cc2c(cc1Nc1nc(CN3CCOCC3)nc3sc4c(c13)CCC4)OCCO2. The van der Waals surface area contributed by atoms with Gasteiger partial charge in [-0.3, -0.25) is 4.90 Å². The molecule has 30 heavy (non-hydrogen) atoms. The Morgan fingerprint density at radius 2 is 1.87 bits per heavy atom. The molecule has 3 aromatic rings. The monoisotopic (exact) mass is 424 g/mol. The lowest BCUT2D eigenvalue weighted by molar-refractivity contribution is 0.0331. The van der Waals surface area contributed by atoms with Crippen LogP contribution in [0, 0.1) is 0 Å². The van der Waals surface area contributed by atoms with E-state index in [4.69, 9.17) is 24.2 Å². The van der Waals surface area contributed by atoms with Crippen LogP contribution in [0.4, 0.5) is 11.5 Å². The average Bonchev–Trinajstić information content (AvgIpc) is 3.35. The molecule has 1 saturated heterocycles. The summed E-state index contributed by atoms with van der Waals surface area (Å²) in [6.07, 6.45) is 3.48. The highest BCUT2D eigenvalue weighted by Gasteiger charge is 2.24. The van der Waals surface area contributed by atoms with Crippen LogP contribution in [0.25, 0.3) is 10.2 Å². The number of ether oxygens (including phenoxy) is 3. The molecular formula is C22H24N4O3S. The third kappa shape index (κ3) is 3.38. The second kappa shape index (κ2) is 7.68. The van der Waals surface area contributed by atoms with Crippen molar-refractivity contribution in [2.75, 3.05) is 44.8 Å². The normalized spacial score (nSPS) is 18.5. The highest BCUT2D eigenvalue weighted by atomic mass is 32.1. The Hall–Kier alpha value is -2.42. The van der Waals surface area contributed by atoms with Gasteiger partial charge in [0.05, 0.1) is 25.1 Å². The molecule has 1 fully saturated rings. The van der Waals surface area contributed by atoms with Crippen molar-refractivity contribution in [3.8, 4) is 11.5 Å². The van der Waals surface area contributed by atoms with Gasteiger partial charge < -0.3 is 19.5 Å². The van der Waals surface area contributed by atoms with Crippen molar-refractivity contribution in [3.63, 3.8) is 0 Å². The summed E-state index contributed by atoms with van der Waals surface area (Å²) in [5.41, 5.74) is 2.38. The number of fused-ring (bicyclic) bond motifs is 4. The maximum absolute atomic E-state index is 5.76. The zero-order chi connectivity index (χ0) is 19.9. The van der Waals surface area contributed by atoms with Gasteiger partial charge in [0.15, 0.2) is 11.5 Å². The number of nitrogens with zero attached hydrogens (tertiary/aromatic N) is 3. The molecule has 0 atom stereocenters. The smallest absolute Gasteiger partial charge is 0.163 e. The van der Waals surface area contributed by atoms with Crippen molar-refractivity contribution < 1.29 is 14.2 Å². The first-order valence-corrected chi connectivity index (χ1v) is 11.4. The third-order valence-corrected chi connectivity index (χ3v) is 7.07. The van der Waals surface area contributed by atoms with E-state index in [1.54, 1.807) is 0 Å². The summed E-state index contributed by atoms with van der Waals surface area (Å²) in [5, 5.41) is 4.76. The quantitative estimate of drug-likeness (QED) is 0.687. The number of benzene rings is 1. The number of hydrogen-bond donors (Lipinski definition) is 1. The first kappa shape index (κ1) is 18.4. The predicted octanol–water partition coefficient (Wildman–Crippen LogP) is 3.53. The largest absolute Gasteiger partial charge is 0.486 e. The van der Waals surface area contributed by atoms with E-state index >= 15 is 0 Å². The summed E-state index contributed by atoms with van der Waals surface area (Å²) in [7, 11) is 0. The lowest BCUT2D eigenvalue weighted by Gasteiger charge is -2.26. The van der Waals surface area contributed by atoms with Gasteiger partial charge in [-0.15, -0.1) is 11.3 Å². The number of aromatic nitrogens is 2. The topological polar surface area (TPSA) is 68.7 Å². The Morgan fingerprint density at radius 3 is 2.77 bits per heavy atom. The first-order valence-electron chi connectivity index (χ1n) is 10.6. The maximum Gasteiger partial charge on any atom is 0.163 e. The molecule has 0 saturated carbocycles. The molecule has 156 valence electrons. The van der Waals surface area contributed by atoms with Crippen molar-refractivity contribution in [2.24, 2.45) is 0 Å². The highest BCUT2D eigenvalue weighted by Crippen LogP contribution is 2.41. The van der Waals surface area contributed by atoms with Crippen LogP contribution in [-0.4, -0.2) is 54.4 Å². The lowest BCUT2D eigenvalue weighted by atomic mass is 10.2. The Bertz CT molecular complexity index is 1090. The molecule has 8 heteroatoms. The van der Waals surface area contributed by atoms with Crippen LogP contribution in [0.3, 0.4) is 0 Å². The minimum Gasteiger partial charge on any atom is -0.486 e. The molecule has 0 radical (unpaired) electrons. The van der Waals surface area contributed by atoms with Crippen LogP contribution in [0.5, 0.6) is 11.5 Å². The van der Waals surface area contributed by atoms with Crippen molar-refractivity contribution in [3.05, 3.63) is 34.5 Å². The number of anilines is 2. The van der Waals surface area contributed by atoms with E-state index in [0.29, 0.717) is 13.2 Å². The molecular weight excluding hydrogens is 400 g/mol. The van der Waals surface area contributed by atoms with Crippen molar-refractivity contribution in [1.82, 2.24) is 14.9 Å². The zero-order valence-corrected chi connectivity index (χ0v) is 17.6. The van der Waals surface area contributed by atoms with E-state index in [1.165, 1.54) is 22.2 Å². The van der Waals surface area contributed by atoms with Gasteiger partial charge in [-0.2, -0.15) is 0 Å². The van der Waals surface area contributed by atoms with Crippen molar-refractivity contribution >= 4 is 33.1 Å². The molecule has 7 nitrogen and oxygen atoms in total. The number of morpholine rings is 1. The van der Waals surface area contributed by atoms with Crippen molar-refractivity contribution in [1.29, 1.82) is 0 Å². The standard InChI is InChI=1S/C22H24N4O3S/c1-2-15-18(3-1)30-22-20(15)21(24-19(25-22)13-26-6-8-27-9-7-26)23-14-4-5-16-17(12-14)29-11-10-28-16/h4-5,12H,1-3,6-11,13H2,(H,23,24,25). The molecule has 0 unspecified atom stereocenters. The fourth-order valence-electron chi connectivity index (χ4n) is 4.42. The molecule has 2 aromatic heterocycles. The molecule has 2 aliphatic heterocycles. The second-order valence-electron chi connectivity index (χ2n) is 7.90. The summed E-state index contributed by atoms with van der Waals surface area (Å²) in [6, 6.07) is 5.98. The Morgan fingerprint density at radius 1 is 1.00 bits per heavy atom. The van der Waals surface area contributed by atoms with Crippen LogP contribution in [0.2, 0.25) is 0 Å². The van der Waals surface area contributed by atoms with Gasteiger partial charge in [-0.05, 0) is 37.0 Å². The summed E-state index contributed by atoms with van der Waals surface area (Å²) in [5.74, 6) is 3.34. The van der Waals surface area contributed by atoms with Gasteiger partial charge in [-0.1, -0.05) is 0 Å². The van der Waals surface area contributed by atoms with Crippen LogP contribution < -0.4 is 14.8 Å².